The number of rotatable bonds is 5. The molecule has 1 aliphatic heterocycles. The van der Waals surface area contributed by atoms with Crippen molar-refractivity contribution in [3.8, 4) is 11.5 Å². The molecule has 1 aliphatic carbocycles. The summed E-state index contributed by atoms with van der Waals surface area (Å²) in [5, 5.41) is 5.94. The molecule has 4 rings (SSSR count). The average molecular weight is 370 g/mol. The van der Waals surface area contributed by atoms with Crippen LogP contribution in [0, 0.1) is 5.82 Å². The standard InChI is InChI=1S/C21H23FN2O3/c1-26-19-5-3-2-4-16(19)21(9-10-21)13-23-20(25)24-17-8-11-27-18-7-6-14(22)12-15(17)18/h2-7,12,17H,8-11,13H2,1H3,(H2,23,24,25). The summed E-state index contributed by atoms with van der Waals surface area (Å²) in [6.45, 7) is 1.03. The van der Waals surface area contributed by atoms with Crippen LogP contribution in [0.25, 0.3) is 0 Å². The highest BCUT2D eigenvalue weighted by Gasteiger charge is 2.46. The molecule has 2 aromatic carbocycles. The molecule has 5 nitrogen and oxygen atoms in total. The van der Waals surface area contributed by atoms with Gasteiger partial charge in [0.05, 0.1) is 19.8 Å². The Balaban J connectivity index is 1.41. The molecule has 0 saturated heterocycles. The van der Waals surface area contributed by atoms with E-state index in [-0.39, 0.29) is 23.3 Å². The van der Waals surface area contributed by atoms with Gasteiger partial charge in [-0.05, 0) is 37.1 Å². The molecule has 2 aromatic rings. The lowest BCUT2D eigenvalue weighted by molar-refractivity contribution is 0.222. The molecule has 0 bridgehead atoms. The number of carbonyl (C=O) groups is 1. The molecule has 2 aliphatic rings. The summed E-state index contributed by atoms with van der Waals surface area (Å²) in [5.41, 5.74) is 1.75. The zero-order valence-electron chi connectivity index (χ0n) is 15.3. The molecule has 27 heavy (non-hydrogen) atoms. The van der Waals surface area contributed by atoms with Gasteiger partial charge < -0.3 is 20.1 Å². The van der Waals surface area contributed by atoms with Crippen LogP contribution in [0.2, 0.25) is 0 Å². The van der Waals surface area contributed by atoms with Crippen molar-refractivity contribution in [1.82, 2.24) is 10.6 Å². The van der Waals surface area contributed by atoms with E-state index in [0.29, 0.717) is 30.9 Å². The molecule has 2 amide bonds. The highest BCUT2D eigenvalue weighted by molar-refractivity contribution is 5.75. The number of halogens is 1. The van der Waals surface area contributed by atoms with E-state index >= 15 is 0 Å². The maximum atomic E-state index is 13.6. The lowest BCUT2D eigenvalue weighted by Gasteiger charge is -2.27. The van der Waals surface area contributed by atoms with Crippen LogP contribution in [0.15, 0.2) is 42.5 Å². The Hall–Kier alpha value is -2.76. The summed E-state index contributed by atoms with van der Waals surface area (Å²) in [5.74, 6) is 1.14. The van der Waals surface area contributed by atoms with Crippen LogP contribution < -0.4 is 20.1 Å². The van der Waals surface area contributed by atoms with Gasteiger partial charge in [-0.2, -0.15) is 0 Å². The van der Waals surface area contributed by atoms with Crippen LogP contribution in [-0.2, 0) is 5.41 Å². The first-order valence-corrected chi connectivity index (χ1v) is 9.21. The quantitative estimate of drug-likeness (QED) is 0.844. The second kappa shape index (κ2) is 7.10. The van der Waals surface area contributed by atoms with Gasteiger partial charge in [-0.25, -0.2) is 9.18 Å². The SMILES string of the molecule is COc1ccccc1C1(CNC(=O)NC2CCOc3ccc(F)cc32)CC1. The van der Waals surface area contributed by atoms with Gasteiger partial charge >= 0.3 is 6.03 Å². The Labute approximate surface area is 157 Å². The number of fused-ring (bicyclic) bond motifs is 1. The molecule has 0 spiro atoms. The van der Waals surface area contributed by atoms with Gasteiger partial charge in [-0.1, -0.05) is 18.2 Å². The van der Waals surface area contributed by atoms with E-state index in [1.165, 1.54) is 12.1 Å². The third kappa shape index (κ3) is 3.56. The molecular weight excluding hydrogens is 347 g/mol. The highest BCUT2D eigenvalue weighted by atomic mass is 19.1. The van der Waals surface area contributed by atoms with Crippen molar-refractivity contribution in [3.63, 3.8) is 0 Å². The number of methoxy groups -OCH3 is 1. The van der Waals surface area contributed by atoms with E-state index in [4.69, 9.17) is 9.47 Å². The first-order valence-electron chi connectivity index (χ1n) is 9.21. The Morgan fingerprint density at radius 3 is 2.89 bits per heavy atom. The van der Waals surface area contributed by atoms with E-state index in [2.05, 4.69) is 16.7 Å². The number of amides is 2. The van der Waals surface area contributed by atoms with Crippen molar-refractivity contribution in [1.29, 1.82) is 0 Å². The van der Waals surface area contributed by atoms with E-state index in [0.717, 1.165) is 24.2 Å². The lowest BCUT2D eigenvalue weighted by atomic mass is 9.95. The topological polar surface area (TPSA) is 59.6 Å². The number of hydrogen-bond donors (Lipinski definition) is 2. The van der Waals surface area contributed by atoms with E-state index in [1.807, 2.05) is 18.2 Å². The molecule has 1 saturated carbocycles. The molecule has 1 fully saturated rings. The fourth-order valence-electron chi connectivity index (χ4n) is 3.75. The van der Waals surface area contributed by atoms with Crippen molar-refractivity contribution < 1.29 is 18.7 Å². The van der Waals surface area contributed by atoms with Crippen LogP contribution in [0.5, 0.6) is 11.5 Å². The Morgan fingerprint density at radius 1 is 1.30 bits per heavy atom. The maximum absolute atomic E-state index is 13.6. The zero-order chi connectivity index (χ0) is 18.9. The predicted molar refractivity (Wildman–Crippen MR) is 99.7 cm³/mol. The number of urea groups is 1. The summed E-state index contributed by atoms with van der Waals surface area (Å²) in [4.78, 5) is 12.5. The third-order valence-corrected chi connectivity index (χ3v) is 5.44. The Kier molecular flexibility index (Phi) is 4.64. The van der Waals surface area contributed by atoms with Gasteiger partial charge in [0.15, 0.2) is 0 Å². The average Bonchev–Trinajstić information content (AvgIpc) is 3.48. The normalized spacial score (nSPS) is 19.4. The van der Waals surface area contributed by atoms with Gasteiger partial charge in [0.2, 0.25) is 0 Å². The Bertz CT molecular complexity index is 851. The number of ether oxygens (including phenoxy) is 2. The Morgan fingerprint density at radius 2 is 2.11 bits per heavy atom. The van der Waals surface area contributed by atoms with Gasteiger partial charge in [0, 0.05) is 29.5 Å². The number of para-hydroxylation sites is 1. The fraction of sp³-hybridized carbons (Fsp3) is 0.381. The number of nitrogens with one attached hydrogen (secondary N) is 2. The minimum absolute atomic E-state index is 0.0658. The number of benzene rings is 2. The molecule has 142 valence electrons. The molecule has 1 unspecified atom stereocenters. The molecule has 1 heterocycles. The van der Waals surface area contributed by atoms with Crippen LogP contribution >= 0.6 is 0 Å². The second-order valence-electron chi connectivity index (χ2n) is 7.18. The first kappa shape index (κ1) is 17.6. The van der Waals surface area contributed by atoms with Gasteiger partial charge in [-0.15, -0.1) is 0 Å². The van der Waals surface area contributed by atoms with E-state index in [9.17, 15) is 9.18 Å². The fourth-order valence-corrected chi connectivity index (χ4v) is 3.75. The van der Waals surface area contributed by atoms with Crippen LogP contribution in [0.1, 0.15) is 36.4 Å². The van der Waals surface area contributed by atoms with Crippen molar-refractivity contribution >= 4 is 6.03 Å². The highest BCUT2D eigenvalue weighted by Crippen LogP contribution is 2.50. The number of hydrogen-bond acceptors (Lipinski definition) is 3. The van der Waals surface area contributed by atoms with Crippen molar-refractivity contribution in [2.75, 3.05) is 20.3 Å². The van der Waals surface area contributed by atoms with Crippen molar-refractivity contribution in [2.24, 2.45) is 0 Å². The lowest BCUT2D eigenvalue weighted by Crippen LogP contribution is -2.42. The van der Waals surface area contributed by atoms with Crippen LogP contribution in [0.4, 0.5) is 9.18 Å². The largest absolute Gasteiger partial charge is 0.496 e. The van der Waals surface area contributed by atoms with Crippen molar-refractivity contribution in [3.05, 3.63) is 59.4 Å². The summed E-state index contributed by atoms with van der Waals surface area (Å²) in [6, 6.07) is 11.8. The molecule has 1 atom stereocenters. The summed E-state index contributed by atoms with van der Waals surface area (Å²) in [7, 11) is 1.66. The maximum Gasteiger partial charge on any atom is 0.315 e. The van der Waals surface area contributed by atoms with E-state index in [1.54, 1.807) is 13.2 Å². The molecule has 6 heteroatoms. The summed E-state index contributed by atoms with van der Waals surface area (Å²) in [6.07, 6.45) is 2.64. The summed E-state index contributed by atoms with van der Waals surface area (Å²) >= 11 is 0. The van der Waals surface area contributed by atoms with Gasteiger partial charge in [0.1, 0.15) is 17.3 Å². The monoisotopic (exact) mass is 370 g/mol. The molecule has 2 N–H and O–H groups in total. The smallest absolute Gasteiger partial charge is 0.315 e. The van der Waals surface area contributed by atoms with Crippen molar-refractivity contribution in [2.45, 2.75) is 30.7 Å². The molecular formula is C21H23FN2O3. The minimum atomic E-state index is -0.334. The molecule has 0 radical (unpaired) electrons. The predicted octanol–water partition coefficient (Wildman–Crippen LogP) is 3.69. The third-order valence-electron chi connectivity index (χ3n) is 5.44. The van der Waals surface area contributed by atoms with Crippen LogP contribution in [0.3, 0.4) is 0 Å². The minimum Gasteiger partial charge on any atom is -0.496 e. The van der Waals surface area contributed by atoms with Crippen LogP contribution in [-0.4, -0.2) is 26.3 Å². The van der Waals surface area contributed by atoms with Gasteiger partial charge in [0.25, 0.3) is 0 Å². The van der Waals surface area contributed by atoms with Gasteiger partial charge in [-0.3, -0.25) is 0 Å². The van der Waals surface area contributed by atoms with E-state index < -0.39 is 0 Å². The molecule has 0 aromatic heterocycles. The number of carbonyl (C=O) groups excluding carboxylic acids is 1. The zero-order valence-corrected chi connectivity index (χ0v) is 15.3. The first-order chi connectivity index (χ1) is 13.1. The second-order valence-corrected chi connectivity index (χ2v) is 7.18. The summed E-state index contributed by atoms with van der Waals surface area (Å²) < 4.78 is 24.6.